The Morgan fingerprint density at radius 1 is 1.50 bits per heavy atom. The number of carbonyl (C=O) groups excluding carboxylic acids is 1. The van der Waals surface area contributed by atoms with Gasteiger partial charge in [0.05, 0.1) is 25.2 Å². The van der Waals surface area contributed by atoms with Gasteiger partial charge in [-0.2, -0.15) is 5.10 Å². The summed E-state index contributed by atoms with van der Waals surface area (Å²) < 4.78 is 7.53. The molecule has 0 aliphatic carbocycles. The molecule has 1 aromatic heterocycles. The second-order valence-electron chi connectivity index (χ2n) is 3.15. The number of hydrogen-bond acceptors (Lipinski definition) is 3. The average Bonchev–Trinajstić information content (AvgIpc) is 2.77. The van der Waals surface area contributed by atoms with Crippen molar-refractivity contribution in [2.75, 3.05) is 7.11 Å². The number of carbonyl (C=O) groups is 1. The number of methoxy groups -OCH3 is 1. The van der Waals surface area contributed by atoms with Gasteiger partial charge in [-0.15, -0.1) is 0 Å². The minimum atomic E-state index is 0.578. The quantitative estimate of drug-likeness (QED) is 0.812. The Hall–Kier alpha value is -1.62. The number of aromatic nitrogens is 2. The van der Waals surface area contributed by atoms with Gasteiger partial charge in [0.2, 0.25) is 0 Å². The minimum absolute atomic E-state index is 0.578. The van der Waals surface area contributed by atoms with Crippen LogP contribution >= 0.6 is 15.9 Å². The zero-order valence-electron chi connectivity index (χ0n) is 8.55. The molecular formula is C11H9BrN2O2. The molecule has 0 radical (unpaired) electrons. The summed E-state index contributed by atoms with van der Waals surface area (Å²) in [6.07, 6.45) is 4.11. The average molecular weight is 281 g/mol. The highest BCUT2D eigenvalue weighted by Gasteiger charge is 2.06. The molecule has 2 aromatic rings. The first-order valence-corrected chi connectivity index (χ1v) is 5.37. The molecule has 0 N–H and O–H groups in total. The number of nitrogens with zero attached hydrogens (tertiary/aromatic N) is 2. The van der Waals surface area contributed by atoms with E-state index in [0.717, 1.165) is 10.8 Å². The summed E-state index contributed by atoms with van der Waals surface area (Å²) in [7, 11) is 1.57. The highest BCUT2D eigenvalue weighted by molar-refractivity contribution is 9.10. The predicted octanol–water partition coefficient (Wildman–Crippen LogP) is 2.46. The van der Waals surface area contributed by atoms with Gasteiger partial charge >= 0.3 is 0 Å². The van der Waals surface area contributed by atoms with Crippen LogP contribution in [0.3, 0.4) is 0 Å². The lowest BCUT2D eigenvalue weighted by molar-refractivity contribution is 0.112. The fraction of sp³-hybridized carbons (Fsp3) is 0.0909. The first kappa shape index (κ1) is 10.9. The van der Waals surface area contributed by atoms with Crippen molar-refractivity contribution >= 4 is 22.2 Å². The van der Waals surface area contributed by atoms with Crippen LogP contribution in [-0.2, 0) is 0 Å². The summed E-state index contributed by atoms with van der Waals surface area (Å²) in [5.74, 6) is 0.650. The summed E-state index contributed by atoms with van der Waals surface area (Å²) in [6, 6.07) is 5.38. The van der Waals surface area contributed by atoms with E-state index in [0.29, 0.717) is 17.0 Å². The van der Waals surface area contributed by atoms with Crippen LogP contribution in [0.2, 0.25) is 0 Å². The number of benzene rings is 1. The fourth-order valence-electron chi connectivity index (χ4n) is 1.36. The standard InChI is InChI=1S/C11H9BrN2O2/c1-16-10-5-13-14(6-10)11-4-9(12)3-2-8(11)7-15/h2-7H,1H3. The second kappa shape index (κ2) is 4.49. The highest BCUT2D eigenvalue weighted by Crippen LogP contribution is 2.20. The van der Waals surface area contributed by atoms with Gasteiger partial charge in [-0.25, -0.2) is 4.68 Å². The number of rotatable bonds is 3. The third-order valence-electron chi connectivity index (χ3n) is 2.16. The predicted molar refractivity (Wildman–Crippen MR) is 63.2 cm³/mol. The third kappa shape index (κ3) is 1.99. The van der Waals surface area contributed by atoms with Crippen LogP contribution in [0.25, 0.3) is 5.69 Å². The SMILES string of the molecule is COc1cnn(-c2cc(Br)ccc2C=O)c1. The molecule has 0 aliphatic rings. The zero-order valence-corrected chi connectivity index (χ0v) is 10.1. The topological polar surface area (TPSA) is 44.1 Å². The third-order valence-corrected chi connectivity index (χ3v) is 2.65. The maximum atomic E-state index is 10.9. The Morgan fingerprint density at radius 3 is 2.94 bits per heavy atom. The van der Waals surface area contributed by atoms with Gasteiger partial charge < -0.3 is 4.74 Å². The van der Waals surface area contributed by atoms with Gasteiger partial charge in [0.15, 0.2) is 12.0 Å². The van der Waals surface area contributed by atoms with Crippen molar-refractivity contribution < 1.29 is 9.53 Å². The van der Waals surface area contributed by atoms with Crippen molar-refractivity contribution in [3.8, 4) is 11.4 Å². The molecule has 0 bridgehead atoms. The summed E-state index contributed by atoms with van der Waals surface area (Å²) in [5.41, 5.74) is 1.29. The normalized spacial score (nSPS) is 10.1. The summed E-state index contributed by atoms with van der Waals surface area (Å²) in [6.45, 7) is 0. The van der Waals surface area contributed by atoms with E-state index in [-0.39, 0.29) is 0 Å². The van der Waals surface area contributed by atoms with E-state index in [1.807, 2.05) is 12.1 Å². The van der Waals surface area contributed by atoms with Crippen molar-refractivity contribution in [2.45, 2.75) is 0 Å². The molecule has 0 saturated heterocycles. The van der Waals surface area contributed by atoms with Crippen molar-refractivity contribution in [1.29, 1.82) is 0 Å². The molecule has 0 saturated carbocycles. The molecule has 0 aliphatic heterocycles. The number of halogens is 1. The summed E-state index contributed by atoms with van der Waals surface area (Å²) >= 11 is 3.36. The Morgan fingerprint density at radius 2 is 2.31 bits per heavy atom. The molecule has 16 heavy (non-hydrogen) atoms. The van der Waals surface area contributed by atoms with Crippen molar-refractivity contribution in [1.82, 2.24) is 9.78 Å². The molecule has 0 fully saturated rings. The smallest absolute Gasteiger partial charge is 0.157 e. The Kier molecular flexibility index (Phi) is 3.05. The van der Waals surface area contributed by atoms with Crippen molar-refractivity contribution in [3.05, 3.63) is 40.6 Å². The first-order valence-electron chi connectivity index (χ1n) is 4.58. The molecule has 82 valence electrons. The van der Waals surface area contributed by atoms with Crippen LogP contribution in [-0.4, -0.2) is 23.2 Å². The van der Waals surface area contributed by atoms with E-state index in [4.69, 9.17) is 4.74 Å². The fourth-order valence-corrected chi connectivity index (χ4v) is 1.71. The van der Waals surface area contributed by atoms with Gasteiger partial charge in [0, 0.05) is 10.0 Å². The monoisotopic (exact) mass is 280 g/mol. The molecule has 4 nitrogen and oxygen atoms in total. The number of aldehydes is 1. The lowest BCUT2D eigenvalue weighted by Gasteiger charge is -2.04. The molecule has 5 heteroatoms. The van der Waals surface area contributed by atoms with E-state index in [1.165, 1.54) is 0 Å². The van der Waals surface area contributed by atoms with Crippen molar-refractivity contribution in [2.24, 2.45) is 0 Å². The zero-order chi connectivity index (χ0) is 11.5. The van der Waals surface area contributed by atoms with Gasteiger partial charge in [-0.05, 0) is 18.2 Å². The largest absolute Gasteiger partial charge is 0.493 e. The molecule has 2 rings (SSSR count). The van der Waals surface area contributed by atoms with E-state index in [9.17, 15) is 4.79 Å². The van der Waals surface area contributed by atoms with Gasteiger partial charge in [0.1, 0.15) is 0 Å². The van der Waals surface area contributed by atoms with E-state index >= 15 is 0 Å². The van der Waals surface area contributed by atoms with E-state index < -0.39 is 0 Å². The lowest BCUT2D eigenvalue weighted by Crippen LogP contribution is -1.99. The van der Waals surface area contributed by atoms with Crippen molar-refractivity contribution in [3.63, 3.8) is 0 Å². The van der Waals surface area contributed by atoms with Gasteiger partial charge in [-0.3, -0.25) is 4.79 Å². The Bertz CT molecular complexity index is 522. The Balaban J connectivity index is 2.53. The summed E-state index contributed by atoms with van der Waals surface area (Å²) in [4.78, 5) is 10.9. The van der Waals surface area contributed by atoms with Crippen LogP contribution in [0.4, 0.5) is 0 Å². The molecular weight excluding hydrogens is 272 g/mol. The highest BCUT2D eigenvalue weighted by atomic mass is 79.9. The second-order valence-corrected chi connectivity index (χ2v) is 4.06. The molecule has 1 heterocycles. The number of hydrogen-bond donors (Lipinski definition) is 0. The minimum Gasteiger partial charge on any atom is -0.493 e. The Labute approximate surface area is 101 Å². The lowest BCUT2D eigenvalue weighted by atomic mass is 10.2. The van der Waals surface area contributed by atoms with Crippen LogP contribution in [0, 0.1) is 0 Å². The first-order chi connectivity index (χ1) is 7.74. The molecule has 0 amide bonds. The van der Waals surface area contributed by atoms with Gasteiger partial charge in [-0.1, -0.05) is 15.9 Å². The molecule has 0 atom stereocenters. The van der Waals surface area contributed by atoms with Crippen LogP contribution < -0.4 is 4.74 Å². The van der Waals surface area contributed by atoms with Gasteiger partial charge in [0.25, 0.3) is 0 Å². The maximum Gasteiger partial charge on any atom is 0.157 e. The van der Waals surface area contributed by atoms with Crippen LogP contribution in [0.15, 0.2) is 35.1 Å². The van der Waals surface area contributed by atoms with E-state index in [2.05, 4.69) is 21.0 Å². The molecule has 1 aromatic carbocycles. The number of ether oxygens (including phenoxy) is 1. The van der Waals surface area contributed by atoms with Crippen LogP contribution in [0.5, 0.6) is 5.75 Å². The maximum absolute atomic E-state index is 10.9. The summed E-state index contributed by atoms with van der Waals surface area (Å²) in [5, 5.41) is 4.12. The molecule has 0 unspecified atom stereocenters. The van der Waals surface area contributed by atoms with E-state index in [1.54, 1.807) is 30.3 Å². The molecule has 0 spiro atoms. The van der Waals surface area contributed by atoms with Crippen LogP contribution in [0.1, 0.15) is 10.4 Å².